The third kappa shape index (κ3) is 6.90. The summed E-state index contributed by atoms with van der Waals surface area (Å²) in [5.74, 6) is -0.0186. The lowest BCUT2D eigenvalue weighted by atomic mass is 10.1. The fourth-order valence-corrected chi connectivity index (χ4v) is 4.23. The molecule has 8 heteroatoms. The number of piperazine rings is 1. The van der Waals surface area contributed by atoms with Crippen LogP contribution in [0.3, 0.4) is 0 Å². The average Bonchev–Trinajstić information content (AvgIpc) is 3.32. The molecule has 1 aromatic heterocycles. The SMILES string of the molecule is CCc1ccccc1NC(=O)CN1CCN(C(=O)CCCNC(=O)c2ccsc2)CC1. The molecule has 2 N–H and O–H groups in total. The second kappa shape index (κ2) is 11.6. The quantitative estimate of drug-likeness (QED) is 0.585. The molecule has 1 fully saturated rings. The van der Waals surface area contributed by atoms with Crippen molar-refractivity contribution in [1.82, 2.24) is 15.1 Å². The maximum atomic E-state index is 12.4. The predicted molar refractivity (Wildman–Crippen MR) is 123 cm³/mol. The summed E-state index contributed by atoms with van der Waals surface area (Å²) in [5.41, 5.74) is 2.65. The Bertz CT molecular complexity index is 877. The van der Waals surface area contributed by atoms with Crippen LogP contribution in [0.2, 0.25) is 0 Å². The molecule has 1 saturated heterocycles. The number of hydrogen-bond donors (Lipinski definition) is 2. The third-order valence-corrected chi connectivity index (χ3v) is 6.08. The van der Waals surface area contributed by atoms with Crippen LogP contribution in [0.5, 0.6) is 0 Å². The molecule has 31 heavy (non-hydrogen) atoms. The molecule has 1 aliphatic rings. The number of carbonyl (C=O) groups excluding carboxylic acids is 3. The maximum Gasteiger partial charge on any atom is 0.252 e. The molecule has 2 heterocycles. The van der Waals surface area contributed by atoms with Gasteiger partial charge in [0.15, 0.2) is 0 Å². The molecule has 0 bridgehead atoms. The first kappa shape index (κ1) is 23.0. The van der Waals surface area contributed by atoms with Crippen molar-refractivity contribution < 1.29 is 14.4 Å². The average molecular weight is 443 g/mol. The van der Waals surface area contributed by atoms with Crippen molar-refractivity contribution in [3.63, 3.8) is 0 Å². The van der Waals surface area contributed by atoms with Gasteiger partial charge in [-0.3, -0.25) is 19.3 Å². The third-order valence-electron chi connectivity index (χ3n) is 5.40. The van der Waals surface area contributed by atoms with Crippen LogP contribution in [0.25, 0.3) is 0 Å². The van der Waals surface area contributed by atoms with Crippen molar-refractivity contribution in [1.29, 1.82) is 0 Å². The number of carbonyl (C=O) groups is 3. The predicted octanol–water partition coefficient (Wildman–Crippen LogP) is 2.60. The van der Waals surface area contributed by atoms with E-state index in [0.29, 0.717) is 57.7 Å². The lowest BCUT2D eigenvalue weighted by Crippen LogP contribution is -2.50. The maximum absolute atomic E-state index is 12.4. The summed E-state index contributed by atoms with van der Waals surface area (Å²) >= 11 is 1.49. The van der Waals surface area contributed by atoms with E-state index < -0.39 is 0 Å². The van der Waals surface area contributed by atoms with E-state index in [-0.39, 0.29) is 17.7 Å². The van der Waals surface area contributed by atoms with Gasteiger partial charge in [-0.15, -0.1) is 0 Å². The summed E-state index contributed by atoms with van der Waals surface area (Å²) < 4.78 is 0. The number of rotatable bonds is 9. The summed E-state index contributed by atoms with van der Waals surface area (Å²) in [6.45, 7) is 5.50. The van der Waals surface area contributed by atoms with Gasteiger partial charge in [0.2, 0.25) is 11.8 Å². The molecular formula is C23H30N4O3S. The van der Waals surface area contributed by atoms with Crippen molar-refractivity contribution in [3.8, 4) is 0 Å². The highest BCUT2D eigenvalue weighted by Gasteiger charge is 2.22. The van der Waals surface area contributed by atoms with E-state index >= 15 is 0 Å². The number of benzene rings is 1. The van der Waals surface area contributed by atoms with Gasteiger partial charge in [0.1, 0.15) is 0 Å². The highest BCUT2D eigenvalue weighted by molar-refractivity contribution is 7.08. The minimum Gasteiger partial charge on any atom is -0.352 e. The summed E-state index contributed by atoms with van der Waals surface area (Å²) in [6.07, 6.45) is 1.90. The molecule has 3 rings (SSSR count). The topological polar surface area (TPSA) is 81.8 Å². The van der Waals surface area contributed by atoms with E-state index in [1.54, 1.807) is 6.07 Å². The molecule has 1 aliphatic heterocycles. The fourth-order valence-electron chi connectivity index (χ4n) is 3.59. The number of anilines is 1. The zero-order chi connectivity index (χ0) is 22.1. The Hall–Kier alpha value is -2.71. The Balaban J connectivity index is 1.32. The van der Waals surface area contributed by atoms with Gasteiger partial charge in [-0.25, -0.2) is 0 Å². The van der Waals surface area contributed by atoms with E-state index in [4.69, 9.17) is 0 Å². The molecule has 0 saturated carbocycles. The van der Waals surface area contributed by atoms with Crippen LogP contribution in [0.15, 0.2) is 41.1 Å². The van der Waals surface area contributed by atoms with Gasteiger partial charge in [0.25, 0.3) is 5.91 Å². The number of amides is 3. The Morgan fingerprint density at radius 2 is 1.84 bits per heavy atom. The zero-order valence-corrected chi connectivity index (χ0v) is 18.7. The Labute approximate surface area is 187 Å². The fraction of sp³-hybridized carbons (Fsp3) is 0.435. The summed E-state index contributed by atoms with van der Waals surface area (Å²) in [4.78, 5) is 40.7. The first-order chi connectivity index (χ1) is 15.1. The van der Waals surface area contributed by atoms with Gasteiger partial charge in [-0.05, 0) is 35.9 Å². The molecule has 0 radical (unpaired) electrons. The van der Waals surface area contributed by atoms with Gasteiger partial charge < -0.3 is 15.5 Å². The molecule has 1 aromatic carbocycles. The number of hydrogen-bond acceptors (Lipinski definition) is 5. The minimum absolute atomic E-state index is 0.0259. The molecule has 3 amide bonds. The Morgan fingerprint density at radius 3 is 2.55 bits per heavy atom. The van der Waals surface area contributed by atoms with Crippen molar-refractivity contribution in [2.75, 3.05) is 44.6 Å². The van der Waals surface area contributed by atoms with E-state index in [1.807, 2.05) is 39.9 Å². The lowest BCUT2D eigenvalue weighted by molar-refractivity contribution is -0.133. The Kier molecular flexibility index (Phi) is 8.61. The molecule has 2 aromatic rings. The zero-order valence-electron chi connectivity index (χ0n) is 17.9. The van der Waals surface area contributed by atoms with Crippen LogP contribution in [0.4, 0.5) is 5.69 Å². The molecular weight excluding hydrogens is 412 g/mol. The number of nitrogens with zero attached hydrogens (tertiary/aromatic N) is 2. The van der Waals surface area contributed by atoms with Crippen LogP contribution < -0.4 is 10.6 Å². The highest BCUT2D eigenvalue weighted by atomic mass is 32.1. The number of nitrogens with one attached hydrogen (secondary N) is 2. The standard InChI is InChI=1S/C23H30N4O3S/c1-2-18-6-3-4-7-20(18)25-21(28)16-26-11-13-27(14-12-26)22(29)8-5-10-24-23(30)19-9-15-31-17-19/h3-4,6-7,9,15,17H,2,5,8,10-14,16H2,1H3,(H,24,30)(H,25,28). The minimum atomic E-state index is -0.0952. The molecule has 0 aliphatic carbocycles. The van der Waals surface area contributed by atoms with Gasteiger partial charge in [0, 0.05) is 55.8 Å². The lowest BCUT2D eigenvalue weighted by Gasteiger charge is -2.34. The highest BCUT2D eigenvalue weighted by Crippen LogP contribution is 2.15. The normalized spacial score (nSPS) is 14.3. The van der Waals surface area contributed by atoms with E-state index in [0.717, 1.165) is 17.7 Å². The number of para-hydroxylation sites is 1. The Morgan fingerprint density at radius 1 is 1.06 bits per heavy atom. The van der Waals surface area contributed by atoms with E-state index in [1.165, 1.54) is 11.3 Å². The smallest absolute Gasteiger partial charge is 0.252 e. The molecule has 166 valence electrons. The van der Waals surface area contributed by atoms with Crippen molar-refractivity contribution >= 4 is 34.7 Å². The largest absolute Gasteiger partial charge is 0.352 e. The summed E-state index contributed by atoms with van der Waals surface area (Å²) in [5, 5.41) is 9.52. The van der Waals surface area contributed by atoms with Crippen molar-refractivity contribution in [3.05, 3.63) is 52.2 Å². The van der Waals surface area contributed by atoms with Crippen LogP contribution >= 0.6 is 11.3 Å². The van der Waals surface area contributed by atoms with Gasteiger partial charge in [-0.2, -0.15) is 11.3 Å². The second-order valence-corrected chi connectivity index (χ2v) is 8.37. The molecule has 7 nitrogen and oxygen atoms in total. The molecule has 0 spiro atoms. The summed E-state index contributed by atoms with van der Waals surface area (Å²) in [6, 6.07) is 9.63. The first-order valence-electron chi connectivity index (χ1n) is 10.7. The van der Waals surface area contributed by atoms with Crippen LogP contribution in [-0.4, -0.2) is 66.8 Å². The summed E-state index contributed by atoms with van der Waals surface area (Å²) in [7, 11) is 0. The second-order valence-electron chi connectivity index (χ2n) is 7.59. The van der Waals surface area contributed by atoms with Crippen molar-refractivity contribution in [2.45, 2.75) is 26.2 Å². The molecule has 0 unspecified atom stereocenters. The van der Waals surface area contributed by atoms with Crippen molar-refractivity contribution in [2.24, 2.45) is 0 Å². The van der Waals surface area contributed by atoms with Crippen LogP contribution in [0, 0.1) is 0 Å². The number of thiophene rings is 1. The monoisotopic (exact) mass is 442 g/mol. The van der Waals surface area contributed by atoms with Gasteiger partial charge >= 0.3 is 0 Å². The number of aryl methyl sites for hydroxylation is 1. The van der Waals surface area contributed by atoms with Gasteiger partial charge in [0.05, 0.1) is 6.54 Å². The first-order valence-corrected chi connectivity index (χ1v) is 11.7. The van der Waals surface area contributed by atoms with E-state index in [2.05, 4.69) is 22.5 Å². The molecule has 0 atom stereocenters. The van der Waals surface area contributed by atoms with E-state index in [9.17, 15) is 14.4 Å². The van der Waals surface area contributed by atoms with Gasteiger partial charge in [-0.1, -0.05) is 25.1 Å². The van der Waals surface area contributed by atoms with Crippen LogP contribution in [-0.2, 0) is 16.0 Å². The van der Waals surface area contributed by atoms with Crippen LogP contribution in [0.1, 0.15) is 35.7 Å².